The van der Waals surface area contributed by atoms with Gasteiger partial charge >= 0.3 is 0 Å². The smallest absolute Gasteiger partial charge is 0.0896 e. The molecule has 0 aliphatic carbocycles. The highest BCUT2D eigenvalue weighted by Crippen LogP contribution is 2.33. The monoisotopic (exact) mass is 297 g/mol. The number of hydrogen-bond acceptors (Lipinski definition) is 4. The van der Waals surface area contributed by atoms with E-state index in [0.717, 1.165) is 42.6 Å². The molecule has 3 heterocycles. The lowest BCUT2D eigenvalue weighted by Crippen LogP contribution is -2.24. The van der Waals surface area contributed by atoms with Crippen molar-refractivity contribution in [1.29, 1.82) is 0 Å². The van der Waals surface area contributed by atoms with Crippen molar-refractivity contribution in [3.63, 3.8) is 0 Å². The molecule has 0 amide bonds. The first-order chi connectivity index (χ1) is 10.9. The number of aromatic nitrogens is 4. The van der Waals surface area contributed by atoms with E-state index in [1.807, 2.05) is 18.6 Å². The van der Waals surface area contributed by atoms with E-state index in [1.54, 1.807) is 0 Å². The van der Waals surface area contributed by atoms with Crippen molar-refractivity contribution >= 4 is 10.9 Å². The third-order valence-electron chi connectivity index (χ3n) is 4.30. The summed E-state index contributed by atoms with van der Waals surface area (Å²) < 4.78 is 5.85. The zero-order valence-corrected chi connectivity index (χ0v) is 12.2. The lowest BCUT2D eigenvalue weighted by molar-refractivity contribution is 0.0905. The summed E-state index contributed by atoms with van der Waals surface area (Å²) in [7, 11) is 0. The van der Waals surface area contributed by atoms with E-state index in [-0.39, 0.29) is 6.10 Å². The van der Waals surface area contributed by atoms with Crippen LogP contribution in [-0.4, -0.2) is 33.5 Å². The van der Waals surface area contributed by atoms with Crippen LogP contribution in [0.4, 0.5) is 0 Å². The van der Waals surface area contributed by atoms with Crippen LogP contribution in [0, 0.1) is 5.92 Å². The van der Waals surface area contributed by atoms with Crippen molar-refractivity contribution in [2.75, 3.05) is 13.2 Å². The van der Waals surface area contributed by atoms with E-state index in [2.05, 4.69) is 43.9 Å². The molecule has 0 unspecified atom stereocenters. The number of H-pyrrole nitrogens is 2. The molecule has 2 atom stereocenters. The largest absolute Gasteiger partial charge is 0.373 e. The predicted molar refractivity (Wildman–Crippen MR) is 83.2 cm³/mol. The second-order valence-corrected chi connectivity index (χ2v) is 5.79. The molecule has 0 bridgehead atoms. The maximum atomic E-state index is 5.85. The molecule has 114 valence electrons. The predicted octanol–water partition coefficient (Wildman–Crippen LogP) is 2.15. The van der Waals surface area contributed by atoms with Gasteiger partial charge in [-0.25, -0.2) is 0 Å². The van der Waals surface area contributed by atoms with Crippen LogP contribution in [0.1, 0.15) is 23.7 Å². The van der Waals surface area contributed by atoms with Crippen molar-refractivity contribution < 1.29 is 4.74 Å². The average Bonchev–Trinajstić information content (AvgIpc) is 3.27. The Morgan fingerprint density at radius 2 is 2.27 bits per heavy atom. The number of rotatable bonds is 5. The summed E-state index contributed by atoms with van der Waals surface area (Å²) >= 11 is 0. The van der Waals surface area contributed by atoms with Gasteiger partial charge in [0, 0.05) is 42.8 Å². The summed E-state index contributed by atoms with van der Waals surface area (Å²) in [4.78, 5) is 0. The summed E-state index contributed by atoms with van der Waals surface area (Å²) in [5.74, 6) is 0.494. The number of nitrogens with one attached hydrogen (secondary N) is 3. The van der Waals surface area contributed by atoms with Gasteiger partial charge in [0.25, 0.3) is 0 Å². The van der Waals surface area contributed by atoms with Crippen LogP contribution in [0.2, 0.25) is 0 Å². The Kier molecular flexibility index (Phi) is 3.62. The summed E-state index contributed by atoms with van der Waals surface area (Å²) in [6.07, 6.45) is 6.87. The van der Waals surface area contributed by atoms with Crippen LogP contribution in [0.25, 0.3) is 10.9 Å². The van der Waals surface area contributed by atoms with Gasteiger partial charge in [-0.3, -0.25) is 10.2 Å². The van der Waals surface area contributed by atoms with Gasteiger partial charge in [0.2, 0.25) is 0 Å². The Bertz CT molecular complexity index is 736. The highest BCUT2D eigenvalue weighted by molar-refractivity contribution is 5.78. The average molecular weight is 297 g/mol. The Hall–Kier alpha value is -2.18. The second kappa shape index (κ2) is 5.90. The molecule has 4 rings (SSSR count). The lowest BCUT2D eigenvalue weighted by atomic mass is 9.97. The first kappa shape index (κ1) is 13.5. The van der Waals surface area contributed by atoms with E-state index in [9.17, 15) is 0 Å². The van der Waals surface area contributed by atoms with Gasteiger partial charge in [-0.15, -0.1) is 0 Å². The Morgan fingerprint density at radius 1 is 1.27 bits per heavy atom. The standard InChI is InChI=1S/C16H19N5O/c1-2-12-8-20-21-15(12)5-11(1)6-17-7-13-3-4-22-16(13)14-9-18-19-10-14/h1-2,5,8-10,13,16-17H,3-4,6-7H2,(H,18,19)(H,20,21)/t13-,16+/m1/s1. The van der Waals surface area contributed by atoms with Crippen molar-refractivity contribution in [2.24, 2.45) is 5.92 Å². The molecule has 22 heavy (non-hydrogen) atoms. The molecule has 3 aromatic rings. The number of ether oxygens (including phenoxy) is 1. The Morgan fingerprint density at radius 3 is 3.18 bits per heavy atom. The van der Waals surface area contributed by atoms with Crippen LogP contribution < -0.4 is 5.32 Å². The van der Waals surface area contributed by atoms with Crippen molar-refractivity contribution in [3.8, 4) is 0 Å². The van der Waals surface area contributed by atoms with Gasteiger partial charge in [-0.1, -0.05) is 12.1 Å². The number of hydrogen-bond donors (Lipinski definition) is 3. The fourth-order valence-electron chi connectivity index (χ4n) is 3.12. The van der Waals surface area contributed by atoms with Gasteiger partial charge in [0.05, 0.1) is 24.0 Å². The maximum absolute atomic E-state index is 5.85. The minimum atomic E-state index is 0.154. The summed E-state index contributed by atoms with van der Waals surface area (Å²) in [6, 6.07) is 6.39. The molecular formula is C16H19N5O. The molecule has 0 saturated carbocycles. The highest BCUT2D eigenvalue weighted by atomic mass is 16.5. The number of fused-ring (bicyclic) bond motifs is 1. The molecular weight excluding hydrogens is 278 g/mol. The lowest BCUT2D eigenvalue weighted by Gasteiger charge is -2.17. The third kappa shape index (κ3) is 2.63. The Labute approximate surface area is 128 Å². The molecule has 0 spiro atoms. The molecule has 3 N–H and O–H groups in total. The van der Waals surface area contributed by atoms with E-state index in [0.29, 0.717) is 5.92 Å². The van der Waals surface area contributed by atoms with E-state index in [4.69, 9.17) is 4.74 Å². The van der Waals surface area contributed by atoms with Crippen LogP contribution in [0.15, 0.2) is 36.8 Å². The van der Waals surface area contributed by atoms with Gasteiger partial charge in [0.15, 0.2) is 0 Å². The molecule has 1 fully saturated rings. The normalized spacial score (nSPS) is 21.6. The van der Waals surface area contributed by atoms with Gasteiger partial charge in [-0.2, -0.15) is 10.2 Å². The SMILES string of the molecule is c1cc2cn[nH]c2cc1CNC[C@H]1CCO[C@@H]1c1cn[nH]c1. The highest BCUT2D eigenvalue weighted by Gasteiger charge is 2.29. The molecule has 1 aromatic carbocycles. The fourth-order valence-corrected chi connectivity index (χ4v) is 3.12. The number of benzene rings is 1. The molecule has 1 saturated heterocycles. The second-order valence-electron chi connectivity index (χ2n) is 5.79. The summed E-state index contributed by atoms with van der Waals surface area (Å²) in [5.41, 5.74) is 3.48. The fraction of sp³-hybridized carbons (Fsp3) is 0.375. The molecule has 6 heteroatoms. The van der Waals surface area contributed by atoms with Gasteiger partial charge in [-0.05, 0) is 18.1 Å². The zero-order chi connectivity index (χ0) is 14.8. The zero-order valence-electron chi connectivity index (χ0n) is 12.2. The molecule has 1 aliphatic rings. The molecule has 2 aromatic heterocycles. The van der Waals surface area contributed by atoms with E-state index in [1.165, 1.54) is 5.56 Å². The molecule has 0 radical (unpaired) electrons. The molecule has 6 nitrogen and oxygen atoms in total. The minimum Gasteiger partial charge on any atom is -0.373 e. The van der Waals surface area contributed by atoms with Crippen molar-refractivity contribution in [3.05, 3.63) is 47.9 Å². The summed E-state index contributed by atoms with van der Waals surface area (Å²) in [5, 5.41) is 18.6. The van der Waals surface area contributed by atoms with E-state index < -0.39 is 0 Å². The minimum absolute atomic E-state index is 0.154. The first-order valence-corrected chi connectivity index (χ1v) is 7.63. The topological polar surface area (TPSA) is 78.6 Å². The third-order valence-corrected chi connectivity index (χ3v) is 4.30. The van der Waals surface area contributed by atoms with Crippen molar-refractivity contribution in [2.45, 2.75) is 19.1 Å². The van der Waals surface area contributed by atoms with E-state index >= 15 is 0 Å². The summed E-state index contributed by atoms with van der Waals surface area (Å²) in [6.45, 7) is 2.61. The van der Waals surface area contributed by atoms with Gasteiger partial charge < -0.3 is 10.1 Å². The number of aromatic amines is 2. The first-order valence-electron chi connectivity index (χ1n) is 7.63. The van der Waals surface area contributed by atoms with Crippen LogP contribution in [0.3, 0.4) is 0 Å². The van der Waals surface area contributed by atoms with Crippen LogP contribution >= 0.6 is 0 Å². The maximum Gasteiger partial charge on any atom is 0.0896 e. The van der Waals surface area contributed by atoms with Crippen LogP contribution in [0.5, 0.6) is 0 Å². The van der Waals surface area contributed by atoms with Crippen molar-refractivity contribution in [1.82, 2.24) is 25.7 Å². The quantitative estimate of drug-likeness (QED) is 0.674. The van der Waals surface area contributed by atoms with Gasteiger partial charge in [0.1, 0.15) is 0 Å². The Balaban J connectivity index is 1.36. The number of nitrogens with zero attached hydrogens (tertiary/aromatic N) is 2. The molecule has 1 aliphatic heterocycles. The van der Waals surface area contributed by atoms with Crippen LogP contribution in [-0.2, 0) is 11.3 Å².